The van der Waals surface area contributed by atoms with Gasteiger partial charge < -0.3 is 5.21 Å². The third-order valence-corrected chi connectivity index (χ3v) is 2.30. The van der Waals surface area contributed by atoms with Gasteiger partial charge in [-0.25, -0.2) is 0 Å². The van der Waals surface area contributed by atoms with Crippen LogP contribution in [0.4, 0.5) is 0 Å². The molecule has 0 unspecified atom stereocenters. The van der Waals surface area contributed by atoms with Crippen molar-refractivity contribution in [2.45, 2.75) is 0 Å². The van der Waals surface area contributed by atoms with E-state index in [9.17, 15) is 4.79 Å². The lowest BCUT2D eigenvalue weighted by molar-refractivity contribution is 0.106. The minimum absolute atomic E-state index is 0.0126. The topological polar surface area (TPSA) is 62.5 Å². The molecule has 0 aliphatic heterocycles. The van der Waals surface area contributed by atoms with Crippen molar-refractivity contribution in [3.63, 3.8) is 0 Å². The molecule has 1 N–H and O–H groups in total. The summed E-state index contributed by atoms with van der Waals surface area (Å²) in [5, 5.41) is 12.0. The van der Waals surface area contributed by atoms with Crippen LogP contribution in [0.5, 0.6) is 0 Å². The normalized spacial score (nSPS) is 11.2. The number of ketones is 1. The predicted molar refractivity (Wildman–Crippen MR) is 63.3 cm³/mol. The molecular weight excluding hydrogens is 216 g/mol. The molecule has 0 spiro atoms. The Kier molecular flexibility index (Phi) is 3.25. The maximum atomic E-state index is 12.1. The van der Waals surface area contributed by atoms with Crippen molar-refractivity contribution >= 4 is 11.5 Å². The number of aromatic nitrogens is 1. The first-order valence-electron chi connectivity index (χ1n) is 5.05. The fourth-order valence-electron chi connectivity index (χ4n) is 1.47. The maximum absolute atomic E-state index is 12.1. The highest BCUT2D eigenvalue weighted by Gasteiger charge is 2.16. The number of rotatable bonds is 3. The lowest BCUT2D eigenvalue weighted by atomic mass is 10.0. The first kappa shape index (κ1) is 11.0. The van der Waals surface area contributed by atoms with Crippen LogP contribution in [0.1, 0.15) is 15.9 Å². The van der Waals surface area contributed by atoms with Gasteiger partial charge >= 0.3 is 0 Å². The zero-order valence-corrected chi connectivity index (χ0v) is 8.95. The molecule has 0 fully saturated rings. The van der Waals surface area contributed by atoms with E-state index in [1.807, 2.05) is 6.07 Å². The number of carbonyl (C=O) groups excluding carboxylic acids is 1. The highest BCUT2D eigenvalue weighted by Crippen LogP contribution is 2.07. The lowest BCUT2D eigenvalue weighted by Crippen LogP contribution is -2.15. The quantitative estimate of drug-likeness (QED) is 0.377. The number of hydrogen-bond donors (Lipinski definition) is 1. The number of hydrogen-bond acceptors (Lipinski definition) is 4. The van der Waals surface area contributed by atoms with E-state index in [1.165, 1.54) is 0 Å². The van der Waals surface area contributed by atoms with Crippen molar-refractivity contribution in [3.8, 4) is 0 Å². The predicted octanol–water partition coefficient (Wildman–Crippen LogP) is 2.14. The summed E-state index contributed by atoms with van der Waals surface area (Å²) in [5.41, 5.74) is 1.03. The highest BCUT2D eigenvalue weighted by atomic mass is 16.4. The smallest absolute Gasteiger partial charge is 0.215 e. The van der Waals surface area contributed by atoms with Crippen LogP contribution in [0, 0.1) is 0 Å². The van der Waals surface area contributed by atoms with Gasteiger partial charge in [-0.2, -0.15) is 0 Å². The Morgan fingerprint density at radius 2 is 1.65 bits per heavy atom. The van der Waals surface area contributed by atoms with Gasteiger partial charge in [0, 0.05) is 23.5 Å². The van der Waals surface area contributed by atoms with E-state index in [1.54, 1.807) is 48.8 Å². The van der Waals surface area contributed by atoms with Gasteiger partial charge in [-0.05, 0) is 12.1 Å². The summed E-state index contributed by atoms with van der Waals surface area (Å²) < 4.78 is 0. The third-order valence-electron chi connectivity index (χ3n) is 2.30. The molecule has 2 aromatic rings. The molecule has 4 nitrogen and oxygen atoms in total. The first-order chi connectivity index (χ1) is 8.33. The van der Waals surface area contributed by atoms with Crippen molar-refractivity contribution in [1.82, 2.24) is 4.98 Å². The average Bonchev–Trinajstić information content (AvgIpc) is 2.42. The zero-order chi connectivity index (χ0) is 12.1. The van der Waals surface area contributed by atoms with Crippen molar-refractivity contribution in [1.29, 1.82) is 0 Å². The Hall–Kier alpha value is -2.49. The molecule has 0 bridgehead atoms. The summed E-state index contributed by atoms with van der Waals surface area (Å²) in [5.74, 6) is -0.320. The van der Waals surface area contributed by atoms with E-state index >= 15 is 0 Å². The molecule has 1 aromatic carbocycles. The van der Waals surface area contributed by atoms with Crippen LogP contribution in [0.25, 0.3) is 0 Å². The average molecular weight is 226 g/mol. The molecular formula is C13H10N2O2. The molecule has 0 saturated heterocycles. The molecule has 0 amide bonds. The van der Waals surface area contributed by atoms with Crippen molar-refractivity contribution in [2.75, 3.05) is 0 Å². The maximum Gasteiger partial charge on any atom is 0.215 e. The van der Waals surface area contributed by atoms with Crippen LogP contribution >= 0.6 is 0 Å². The molecule has 1 heterocycles. The van der Waals surface area contributed by atoms with Crippen LogP contribution in [0.2, 0.25) is 0 Å². The lowest BCUT2D eigenvalue weighted by Gasteiger charge is -2.03. The van der Waals surface area contributed by atoms with Gasteiger partial charge in [-0.3, -0.25) is 9.78 Å². The Bertz CT molecular complexity index is 536. The van der Waals surface area contributed by atoms with Gasteiger partial charge in [-0.15, -0.1) is 0 Å². The van der Waals surface area contributed by atoms with Crippen LogP contribution < -0.4 is 0 Å². The van der Waals surface area contributed by atoms with Crippen molar-refractivity contribution in [3.05, 3.63) is 66.0 Å². The molecule has 0 aliphatic rings. The molecule has 0 radical (unpaired) electrons. The fraction of sp³-hybridized carbons (Fsp3) is 0. The first-order valence-corrected chi connectivity index (χ1v) is 5.05. The molecule has 2 rings (SSSR count). The molecule has 0 saturated carbocycles. The second-order valence-electron chi connectivity index (χ2n) is 3.38. The van der Waals surface area contributed by atoms with Crippen molar-refractivity contribution < 1.29 is 10.0 Å². The van der Waals surface area contributed by atoms with E-state index in [0.29, 0.717) is 11.1 Å². The zero-order valence-electron chi connectivity index (χ0n) is 8.95. The number of oxime groups is 1. The largest absolute Gasteiger partial charge is 0.410 e. The standard InChI is InChI=1S/C13H10N2O2/c16-13(11-4-2-1-3-5-11)12(15-17)10-6-8-14-9-7-10/h1-9,17H. The van der Waals surface area contributed by atoms with Gasteiger partial charge in [0.2, 0.25) is 5.78 Å². The van der Waals surface area contributed by atoms with E-state index in [2.05, 4.69) is 10.1 Å². The molecule has 4 heteroatoms. The van der Waals surface area contributed by atoms with Gasteiger partial charge in [-0.1, -0.05) is 35.5 Å². The summed E-state index contributed by atoms with van der Waals surface area (Å²) in [4.78, 5) is 15.9. The number of pyridine rings is 1. The Labute approximate surface area is 98.2 Å². The molecule has 0 aliphatic carbocycles. The summed E-state index contributed by atoms with van der Waals surface area (Å²) in [6.45, 7) is 0. The van der Waals surface area contributed by atoms with Crippen molar-refractivity contribution in [2.24, 2.45) is 5.16 Å². The van der Waals surface area contributed by atoms with Crippen LogP contribution in [0.3, 0.4) is 0 Å². The monoisotopic (exact) mass is 226 g/mol. The summed E-state index contributed by atoms with van der Waals surface area (Å²) in [6, 6.07) is 11.9. The number of nitrogens with zero attached hydrogens (tertiary/aromatic N) is 2. The van der Waals surface area contributed by atoms with Crippen LogP contribution in [-0.2, 0) is 0 Å². The summed E-state index contributed by atoms with van der Waals surface area (Å²) in [6.07, 6.45) is 3.08. The van der Waals surface area contributed by atoms with Gasteiger partial charge in [0.25, 0.3) is 0 Å². The second kappa shape index (κ2) is 5.03. The summed E-state index contributed by atoms with van der Waals surface area (Å²) >= 11 is 0. The molecule has 17 heavy (non-hydrogen) atoms. The van der Waals surface area contributed by atoms with Gasteiger partial charge in [0.05, 0.1) is 0 Å². The fourth-order valence-corrected chi connectivity index (χ4v) is 1.47. The molecule has 1 aromatic heterocycles. The summed E-state index contributed by atoms with van der Waals surface area (Å²) in [7, 11) is 0. The molecule has 0 atom stereocenters. The van der Waals surface area contributed by atoms with E-state index in [0.717, 1.165) is 0 Å². The Morgan fingerprint density at radius 3 is 2.24 bits per heavy atom. The minimum atomic E-state index is -0.320. The van der Waals surface area contributed by atoms with E-state index in [4.69, 9.17) is 5.21 Å². The molecule has 84 valence electrons. The number of Topliss-reactive ketones (excluding diaryl/α,β-unsaturated/α-hetero) is 1. The minimum Gasteiger partial charge on any atom is -0.410 e. The Morgan fingerprint density at radius 1 is 1.00 bits per heavy atom. The highest BCUT2D eigenvalue weighted by molar-refractivity contribution is 6.51. The third kappa shape index (κ3) is 2.36. The van der Waals surface area contributed by atoms with Gasteiger partial charge in [0.1, 0.15) is 0 Å². The number of carbonyl (C=O) groups is 1. The second-order valence-corrected chi connectivity index (χ2v) is 3.38. The van der Waals surface area contributed by atoms with Gasteiger partial charge in [0.15, 0.2) is 5.71 Å². The van der Waals surface area contributed by atoms with Crippen LogP contribution in [-0.4, -0.2) is 21.7 Å². The van der Waals surface area contributed by atoms with E-state index < -0.39 is 0 Å². The number of benzene rings is 1. The van der Waals surface area contributed by atoms with Crippen LogP contribution in [0.15, 0.2) is 60.0 Å². The SMILES string of the molecule is O=C(C(=NO)c1ccncc1)c1ccccc1. The van der Waals surface area contributed by atoms with E-state index in [-0.39, 0.29) is 11.5 Å². The Balaban J connectivity index is 2.37.